The van der Waals surface area contributed by atoms with Crippen LogP contribution in [0.1, 0.15) is 36.8 Å². The highest BCUT2D eigenvalue weighted by Gasteiger charge is 2.47. The SMILES string of the molecule is Cc1ccc(S(=O)(=O)N2C/C(=C(\I)c3ccc(Br)cc3)C3(CC=CCCC3)C2)cc1. The molecule has 0 bridgehead atoms. The van der Waals surface area contributed by atoms with Crippen LogP contribution in [0, 0.1) is 12.3 Å². The molecule has 1 aliphatic carbocycles. The number of hydrogen-bond donors (Lipinski definition) is 0. The lowest BCUT2D eigenvalue weighted by Gasteiger charge is -2.30. The number of hydrogen-bond acceptors (Lipinski definition) is 2. The summed E-state index contributed by atoms with van der Waals surface area (Å²) in [7, 11) is -3.53. The number of rotatable bonds is 3. The number of halogens is 2. The lowest BCUT2D eigenvalue weighted by atomic mass is 9.76. The van der Waals surface area contributed by atoms with Crippen molar-refractivity contribution in [1.29, 1.82) is 0 Å². The van der Waals surface area contributed by atoms with Gasteiger partial charge in [0.15, 0.2) is 0 Å². The molecule has 1 spiro atoms. The maximum atomic E-state index is 13.5. The molecular formula is C24H25BrINO2S. The van der Waals surface area contributed by atoms with E-state index in [1.807, 2.05) is 31.2 Å². The van der Waals surface area contributed by atoms with Crippen molar-refractivity contribution in [3.05, 3.63) is 81.9 Å². The van der Waals surface area contributed by atoms with E-state index in [0.717, 1.165) is 41.3 Å². The maximum Gasteiger partial charge on any atom is 0.243 e. The third-order valence-corrected chi connectivity index (χ3v) is 9.78. The molecule has 6 heteroatoms. The molecule has 0 N–H and O–H groups in total. The second-order valence-electron chi connectivity index (χ2n) is 8.23. The molecule has 1 saturated heterocycles. The van der Waals surface area contributed by atoms with Crippen molar-refractivity contribution in [2.75, 3.05) is 13.1 Å². The van der Waals surface area contributed by atoms with Crippen molar-refractivity contribution >= 4 is 52.1 Å². The molecule has 2 aliphatic rings. The van der Waals surface area contributed by atoms with Gasteiger partial charge in [-0.15, -0.1) is 0 Å². The van der Waals surface area contributed by atoms with E-state index >= 15 is 0 Å². The van der Waals surface area contributed by atoms with Crippen LogP contribution in [0.2, 0.25) is 0 Å². The van der Waals surface area contributed by atoms with Gasteiger partial charge in [0.25, 0.3) is 0 Å². The molecule has 0 saturated carbocycles. The largest absolute Gasteiger partial charge is 0.243 e. The van der Waals surface area contributed by atoms with Gasteiger partial charge >= 0.3 is 0 Å². The summed E-state index contributed by atoms with van der Waals surface area (Å²) < 4.78 is 30.9. The minimum absolute atomic E-state index is 0.131. The Morgan fingerprint density at radius 3 is 2.47 bits per heavy atom. The van der Waals surface area contributed by atoms with Gasteiger partial charge in [-0.05, 0) is 90.6 Å². The molecule has 158 valence electrons. The fourth-order valence-corrected chi connectivity index (χ4v) is 7.30. The first-order chi connectivity index (χ1) is 14.3. The second kappa shape index (κ2) is 8.88. The summed E-state index contributed by atoms with van der Waals surface area (Å²) in [4.78, 5) is 0.382. The third-order valence-electron chi connectivity index (χ3n) is 6.18. The van der Waals surface area contributed by atoms with E-state index < -0.39 is 10.0 Å². The van der Waals surface area contributed by atoms with Crippen molar-refractivity contribution in [1.82, 2.24) is 4.31 Å². The first-order valence-corrected chi connectivity index (χ1v) is 13.5. The van der Waals surface area contributed by atoms with E-state index in [4.69, 9.17) is 0 Å². The minimum Gasteiger partial charge on any atom is -0.207 e. The summed E-state index contributed by atoms with van der Waals surface area (Å²) in [6, 6.07) is 15.5. The van der Waals surface area contributed by atoms with Gasteiger partial charge < -0.3 is 0 Å². The van der Waals surface area contributed by atoms with E-state index in [2.05, 4.69) is 62.8 Å². The molecule has 1 fully saturated rings. The summed E-state index contributed by atoms with van der Waals surface area (Å²) in [5, 5.41) is 0. The summed E-state index contributed by atoms with van der Waals surface area (Å²) in [5.41, 5.74) is 3.34. The lowest BCUT2D eigenvalue weighted by molar-refractivity contribution is 0.322. The first kappa shape index (κ1) is 22.2. The highest BCUT2D eigenvalue weighted by atomic mass is 127. The van der Waals surface area contributed by atoms with Gasteiger partial charge in [-0.3, -0.25) is 0 Å². The van der Waals surface area contributed by atoms with Gasteiger partial charge in [-0.1, -0.05) is 57.9 Å². The first-order valence-electron chi connectivity index (χ1n) is 10.2. The molecule has 0 radical (unpaired) electrons. The van der Waals surface area contributed by atoms with E-state index in [1.165, 1.54) is 9.15 Å². The van der Waals surface area contributed by atoms with Crippen LogP contribution in [0.15, 0.2) is 75.6 Å². The Balaban J connectivity index is 1.78. The number of benzene rings is 2. The highest BCUT2D eigenvalue weighted by Crippen LogP contribution is 2.50. The maximum absolute atomic E-state index is 13.5. The Bertz CT molecular complexity index is 1090. The molecule has 2 aromatic rings. The molecule has 0 amide bonds. The van der Waals surface area contributed by atoms with E-state index in [-0.39, 0.29) is 5.41 Å². The molecule has 1 aliphatic heterocycles. The molecule has 1 heterocycles. The zero-order chi connectivity index (χ0) is 21.4. The third kappa shape index (κ3) is 4.33. The topological polar surface area (TPSA) is 37.4 Å². The average molecular weight is 598 g/mol. The number of allylic oxidation sites excluding steroid dienone is 2. The van der Waals surface area contributed by atoms with Crippen LogP contribution in [0.25, 0.3) is 3.58 Å². The van der Waals surface area contributed by atoms with Crippen LogP contribution < -0.4 is 0 Å². The van der Waals surface area contributed by atoms with Crippen molar-refractivity contribution in [3.8, 4) is 0 Å². The Labute approximate surface area is 201 Å². The van der Waals surface area contributed by atoms with Gasteiger partial charge in [0, 0.05) is 26.6 Å². The second-order valence-corrected chi connectivity index (χ2v) is 12.2. The normalized spacial score (nSPS) is 24.2. The number of sulfonamides is 1. The van der Waals surface area contributed by atoms with Crippen molar-refractivity contribution < 1.29 is 8.42 Å². The lowest BCUT2D eigenvalue weighted by Crippen LogP contribution is -2.32. The molecule has 1 unspecified atom stereocenters. The molecule has 1 atom stereocenters. The van der Waals surface area contributed by atoms with Gasteiger partial charge in [-0.25, -0.2) is 8.42 Å². The monoisotopic (exact) mass is 597 g/mol. The molecule has 4 rings (SSSR count). The average Bonchev–Trinajstić information content (AvgIpc) is 2.94. The molecule has 30 heavy (non-hydrogen) atoms. The Morgan fingerprint density at radius 2 is 1.77 bits per heavy atom. The predicted octanol–water partition coefficient (Wildman–Crippen LogP) is 6.72. The molecular weight excluding hydrogens is 573 g/mol. The van der Waals surface area contributed by atoms with Gasteiger partial charge in [0.05, 0.1) is 4.90 Å². The van der Waals surface area contributed by atoms with Crippen LogP contribution in [0.5, 0.6) is 0 Å². The Morgan fingerprint density at radius 1 is 1.07 bits per heavy atom. The van der Waals surface area contributed by atoms with Crippen LogP contribution in [-0.2, 0) is 10.0 Å². The van der Waals surface area contributed by atoms with E-state index in [1.54, 1.807) is 16.4 Å². The number of aryl methyl sites for hydroxylation is 1. The van der Waals surface area contributed by atoms with Crippen LogP contribution in [0.4, 0.5) is 0 Å². The number of nitrogens with zero attached hydrogens (tertiary/aromatic N) is 1. The van der Waals surface area contributed by atoms with E-state index in [0.29, 0.717) is 18.0 Å². The summed E-state index contributed by atoms with van der Waals surface area (Å²) in [5.74, 6) is 0. The quantitative estimate of drug-likeness (QED) is 0.291. The predicted molar refractivity (Wildman–Crippen MR) is 135 cm³/mol. The van der Waals surface area contributed by atoms with Crippen molar-refractivity contribution in [2.45, 2.75) is 37.5 Å². The fraction of sp³-hybridized carbons (Fsp3) is 0.333. The fourth-order valence-electron chi connectivity index (χ4n) is 4.44. The van der Waals surface area contributed by atoms with Gasteiger partial charge in [0.2, 0.25) is 10.0 Å². The molecule has 0 aromatic heterocycles. The van der Waals surface area contributed by atoms with Crippen molar-refractivity contribution in [3.63, 3.8) is 0 Å². The Hall–Kier alpha value is -0.960. The van der Waals surface area contributed by atoms with Crippen LogP contribution >= 0.6 is 38.5 Å². The summed E-state index contributed by atoms with van der Waals surface area (Å²) >= 11 is 5.93. The zero-order valence-corrected chi connectivity index (χ0v) is 21.5. The smallest absolute Gasteiger partial charge is 0.207 e. The highest BCUT2D eigenvalue weighted by molar-refractivity contribution is 14.1. The zero-order valence-electron chi connectivity index (χ0n) is 16.9. The van der Waals surface area contributed by atoms with Gasteiger partial charge in [-0.2, -0.15) is 4.31 Å². The molecule has 2 aromatic carbocycles. The summed E-state index contributed by atoms with van der Waals surface area (Å²) in [6.45, 7) is 2.98. The van der Waals surface area contributed by atoms with E-state index in [9.17, 15) is 8.42 Å². The Kier molecular flexibility index (Phi) is 6.59. The van der Waals surface area contributed by atoms with Crippen LogP contribution in [-0.4, -0.2) is 25.8 Å². The standard InChI is InChI=1S/C24H25BrINO2S/c1-18-6-12-21(13-7-18)30(28,29)27-16-22(23(26)19-8-10-20(25)11-9-19)24(17-27)14-4-2-3-5-15-24/h2,4,6-13H,3,5,14-17H2,1H3/b23-22+. The van der Waals surface area contributed by atoms with Crippen LogP contribution in [0.3, 0.4) is 0 Å². The minimum atomic E-state index is -3.53. The molecule has 3 nitrogen and oxygen atoms in total. The van der Waals surface area contributed by atoms with Gasteiger partial charge in [0.1, 0.15) is 0 Å². The van der Waals surface area contributed by atoms with Crippen molar-refractivity contribution in [2.24, 2.45) is 5.41 Å². The summed E-state index contributed by atoms with van der Waals surface area (Å²) in [6.07, 6.45) is 8.55.